The van der Waals surface area contributed by atoms with E-state index < -0.39 is 0 Å². The van der Waals surface area contributed by atoms with Gasteiger partial charge in [-0.2, -0.15) is 0 Å². The Hall–Kier alpha value is -3.40. The van der Waals surface area contributed by atoms with Gasteiger partial charge in [0.1, 0.15) is 0 Å². The zero-order chi connectivity index (χ0) is 20.2. The predicted octanol–water partition coefficient (Wildman–Crippen LogP) is 4.76. The summed E-state index contributed by atoms with van der Waals surface area (Å²) >= 11 is 0. The standard InChI is InChI=1S/C25H24N2O2/c1-2-27-22-15-14-21(17-20(22)13-16-23(27)28)26-25(29)24(18-9-5-3-6-10-18)19-11-7-4-8-12-19/h3-12,14-15,17,24H,2,13,16H2,1H3,(H,26,29). The van der Waals surface area contributed by atoms with Gasteiger partial charge in [-0.25, -0.2) is 0 Å². The molecule has 1 heterocycles. The van der Waals surface area contributed by atoms with Gasteiger partial charge in [0, 0.05) is 24.3 Å². The van der Waals surface area contributed by atoms with E-state index in [4.69, 9.17) is 0 Å². The van der Waals surface area contributed by atoms with Gasteiger partial charge >= 0.3 is 0 Å². The molecule has 3 aromatic rings. The number of hydrogen-bond acceptors (Lipinski definition) is 2. The van der Waals surface area contributed by atoms with Crippen LogP contribution in [0, 0.1) is 0 Å². The maximum Gasteiger partial charge on any atom is 0.236 e. The molecule has 29 heavy (non-hydrogen) atoms. The highest BCUT2D eigenvalue weighted by molar-refractivity contribution is 6.00. The minimum Gasteiger partial charge on any atom is -0.325 e. The summed E-state index contributed by atoms with van der Waals surface area (Å²) in [6.45, 7) is 2.63. The minimum absolute atomic E-state index is 0.0680. The van der Waals surface area contributed by atoms with Gasteiger partial charge in [-0.05, 0) is 48.2 Å². The highest BCUT2D eigenvalue weighted by Gasteiger charge is 2.25. The highest BCUT2D eigenvalue weighted by atomic mass is 16.2. The fraction of sp³-hybridized carbons (Fsp3) is 0.200. The van der Waals surface area contributed by atoms with Gasteiger partial charge in [0.15, 0.2) is 0 Å². The Morgan fingerprint density at radius 1 is 0.931 bits per heavy atom. The van der Waals surface area contributed by atoms with Crippen molar-refractivity contribution in [3.63, 3.8) is 0 Å². The summed E-state index contributed by atoms with van der Waals surface area (Å²) < 4.78 is 0. The maximum absolute atomic E-state index is 13.3. The highest BCUT2D eigenvalue weighted by Crippen LogP contribution is 2.31. The predicted molar refractivity (Wildman–Crippen MR) is 116 cm³/mol. The largest absolute Gasteiger partial charge is 0.325 e. The van der Waals surface area contributed by atoms with E-state index in [-0.39, 0.29) is 17.7 Å². The average molecular weight is 384 g/mol. The third kappa shape index (κ3) is 3.92. The number of carbonyl (C=O) groups excluding carboxylic acids is 2. The van der Waals surface area contributed by atoms with E-state index >= 15 is 0 Å². The van der Waals surface area contributed by atoms with Gasteiger partial charge in [0.05, 0.1) is 5.92 Å². The summed E-state index contributed by atoms with van der Waals surface area (Å²) in [5.74, 6) is -0.297. The molecule has 146 valence electrons. The third-order valence-corrected chi connectivity index (χ3v) is 5.39. The Kier molecular flexibility index (Phi) is 5.43. The normalized spacial score (nSPS) is 13.3. The molecule has 0 fully saturated rings. The smallest absolute Gasteiger partial charge is 0.236 e. The number of amides is 2. The van der Waals surface area contributed by atoms with Crippen molar-refractivity contribution in [1.82, 2.24) is 0 Å². The van der Waals surface area contributed by atoms with E-state index in [0.29, 0.717) is 19.4 Å². The maximum atomic E-state index is 13.3. The summed E-state index contributed by atoms with van der Waals surface area (Å²) in [6, 6.07) is 25.4. The molecule has 1 aliphatic rings. The second-order valence-corrected chi connectivity index (χ2v) is 7.23. The number of rotatable bonds is 5. The lowest BCUT2D eigenvalue weighted by molar-refractivity contribution is -0.119. The van der Waals surface area contributed by atoms with Crippen LogP contribution in [0.1, 0.15) is 36.0 Å². The lowest BCUT2D eigenvalue weighted by Crippen LogP contribution is -2.34. The molecule has 0 unspecified atom stereocenters. The number of carbonyl (C=O) groups is 2. The molecule has 0 radical (unpaired) electrons. The molecule has 4 heteroatoms. The van der Waals surface area contributed by atoms with Crippen molar-refractivity contribution < 1.29 is 9.59 Å². The molecule has 0 saturated carbocycles. The Balaban J connectivity index is 1.63. The van der Waals surface area contributed by atoms with Crippen molar-refractivity contribution in [3.05, 3.63) is 95.6 Å². The molecule has 1 aliphatic heterocycles. The van der Waals surface area contributed by atoms with Crippen molar-refractivity contribution in [2.45, 2.75) is 25.7 Å². The van der Waals surface area contributed by atoms with Gasteiger partial charge in [0.2, 0.25) is 11.8 Å². The summed E-state index contributed by atoms with van der Waals surface area (Å²) in [5, 5.41) is 3.09. The molecule has 0 bridgehead atoms. The second kappa shape index (κ2) is 8.31. The molecule has 0 aliphatic carbocycles. The van der Waals surface area contributed by atoms with Gasteiger partial charge in [-0.3, -0.25) is 9.59 Å². The van der Waals surface area contributed by atoms with Crippen LogP contribution >= 0.6 is 0 Å². The average Bonchev–Trinajstić information content (AvgIpc) is 2.75. The molecular formula is C25H24N2O2. The van der Waals surface area contributed by atoms with E-state index in [0.717, 1.165) is 28.1 Å². The number of fused-ring (bicyclic) bond motifs is 1. The van der Waals surface area contributed by atoms with Crippen LogP contribution in [0.2, 0.25) is 0 Å². The SMILES string of the molecule is CCN1C(=O)CCc2cc(NC(=O)C(c3ccccc3)c3ccccc3)ccc21. The van der Waals surface area contributed by atoms with Crippen LogP contribution in [-0.2, 0) is 16.0 Å². The molecule has 0 spiro atoms. The number of nitrogens with one attached hydrogen (secondary N) is 1. The van der Waals surface area contributed by atoms with Crippen LogP contribution in [-0.4, -0.2) is 18.4 Å². The second-order valence-electron chi connectivity index (χ2n) is 7.23. The molecule has 1 N–H and O–H groups in total. The third-order valence-electron chi connectivity index (χ3n) is 5.39. The first-order valence-electron chi connectivity index (χ1n) is 10.0. The topological polar surface area (TPSA) is 49.4 Å². The summed E-state index contributed by atoms with van der Waals surface area (Å²) in [6.07, 6.45) is 1.21. The van der Waals surface area contributed by atoms with Crippen molar-refractivity contribution in [1.29, 1.82) is 0 Å². The zero-order valence-corrected chi connectivity index (χ0v) is 16.5. The Bertz CT molecular complexity index is 976. The van der Waals surface area contributed by atoms with E-state index in [2.05, 4.69) is 5.32 Å². The van der Waals surface area contributed by atoms with Crippen LogP contribution < -0.4 is 10.2 Å². The van der Waals surface area contributed by atoms with Crippen molar-refractivity contribution >= 4 is 23.2 Å². The molecule has 2 amide bonds. The Morgan fingerprint density at radius 3 is 2.14 bits per heavy atom. The molecular weight excluding hydrogens is 360 g/mol. The number of nitrogens with zero attached hydrogens (tertiary/aromatic N) is 1. The Labute approximate surface area is 171 Å². The molecule has 4 nitrogen and oxygen atoms in total. The fourth-order valence-corrected chi connectivity index (χ4v) is 3.99. The number of aryl methyl sites for hydroxylation is 1. The van der Waals surface area contributed by atoms with Gasteiger partial charge in [-0.1, -0.05) is 60.7 Å². The first-order chi connectivity index (χ1) is 14.2. The molecule has 0 atom stereocenters. The fourth-order valence-electron chi connectivity index (χ4n) is 3.99. The monoisotopic (exact) mass is 384 g/mol. The lowest BCUT2D eigenvalue weighted by Gasteiger charge is -2.29. The number of hydrogen-bond donors (Lipinski definition) is 1. The molecule has 4 rings (SSSR count). The quantitative estimate of drug-likeness (QED) is 0.690. The first-order valence-corrected chi connectivity index (χ1v) is 10.0. The number of anilines is 2. The first kappa shape index (κ1) is 18.9. The van der Waals surface area contributed by atoms with Crippen molar-refractivity contribution in [2.75, 3.05) is 16.8 Å². The van der Waals surface area contributed by atoms with Gasteiger partial charge in [-0.15, -0.1) is 0 Å². The lowest BCUT2D eigenvalue weighted by atomic mass is 9.90. The zero-order valence-electron chi connectivity index (χ0n) is 16.5. The van der Waals surface area contributed by atoms with E-state index in [1.165, 1.54) is 0 Å². The van der Waals surface area contributed by atoms with Gasteiger partial charge < -0.3 is 10.2 Å². The van der Waals surface area contributed by atoms with Crippen LogP contribution in [0.25, 0.3) is 0 Å². The van der Waals surface area contributed by atoms with Gasteiger partial charge in [0.25, 0.3) is 0 Å². The van der Waals surface area contributed by atoms with E-state index in [1.807, 2.05) is 85.8 Å². The van der Waals surface area contributed by atoms with Crippen LogP contribution in [0.4, 0.5) is 11.4 Å². The van der Waals surface area contributed by atoms with Crippen molar-refractivity contribution in [2.24, 2.45) is 0 Å². The number of benzene rings is 3. The molecule has 0 saturated heterocycles. The minimum atomic E-state index is -0.387. The van der Waals surface area contributed by atoms with E-state index in [1.54, 1.807) is 4.90 Å². The summed E-state index contributed by atoms with van der Waals surface area (Å²) in [4.78, 5) is 27.2. The molecule has 0 aromatic heterocycles. The van der Waals surface area contributed by atoms with Crippen LogP contribution in [0.15, 0.2) is 78.9 Å². The van der Waals surface area contributed by atoms with Crippen molar-refractivity contribution in [3.8, 4) is 0 Å². The summed E-state index contributed by atoms with van der Waals surface area (Å²) in [7, 11) is 0. The summed E-state index contributed by atoms with van der Waals surface area (Å²) in [5.41, 5.74) is 4.72. The van der Waals surface area contributed by atoms with E-state index in [9.17, 15) is 9.59 Å². The van der Waals surface area contributed by atoms with Crippen LogP contribution in [0.5, 0.6) is 0 Å². The van der Waals surface area contributed by atoms with Crippen LogP contribution in [0.3, 0.4) is 0 Å². The Morgan fingerprint density at radius 2 is 1.55 bits per heavy atom. The molecule has 3 aromatic carbocycles.